The number of carboxylic acid groups (broad SMARTS) is 1. The summed E-state index contributed by atoms with van der Waals surface area (Å²) in [7, 11) is 0. The van der Waals surface area contributed by atoms with E-state index in [0.717, 1.165) is 12.8 Å². The number of aliphatic carboxylic acids is 1. The molecule has 17 heavy (non-hydrogen) atoms. The Balaban J connectivity index is 2.53. The molecule has 0 aromatic rings. The van der Waals surface area contributed by atoms with Crippen molar-refractivity contribution in [1.29, 1.82) is 0 Å². The largest absolute Gasteiger partial charge is 0.481 e. The number of carboxylic acids is 1. The summed E-state index contributed by atoms with van der Waals surface area (Å²) >= 11 is 0. The molecule has 1 aliphatic heterocycles. The Morgan fingerprint density at radius 2 is 2.18 bits per heavy atom. The third-order valence-electron chi connectivity index (χ3n) is 3.56. The maximum absolute atomic E-state index is 12.1. The van der Waals surface area contributed by atoms with Crippen LogP contribution in [0.4, 0.5) is 0 Å². The van der Waals surface area contributed by atoms with Crippen molar-refractivity contribution in [3.05, 3.63) is 0 Å². The highest BCUT2D eigenvalue weighted by Gasteiger charge is 2.42. The number of carbonyl (C=O) groups is 2. The number of carbonyl (C=O) groups excluding carboxylic acids is 1. The second kappa shape index (κ2) is 5.49. The van der Waals surface area contributed by atoms with E-state index < -0.39 is 11.4 Å². The number of likely N-dealkylation sites (tertiary alicyclic amines) is 1. The molecule has 3 N–H and O–H groups in total. The van der Waals surface area contributed by atoms with Crippen LogP contribution < -0.4 is 5.73 Å². The van der Waals surface area contributed by atoms with Gasteiger partial charge in [-0.25, -0.2) is 0 Å². The molecule has 0 aromatic heterocycles. The first-order chi connectivity index (χ1) is 7.90. The number of nitrogens with zero attached hydrogens (tertiary/aromatic N) is 1. The fourth-order valence-corrected chi connectivity index (χ4v) is 2.18. The molecule has 1 saturated heterocycles. The van der Waals surface area contributed by atoms with Crippen molar-refractivity contribution in [2.75, 3.05) is 19.6 Å². The molecule has 1 heterocycles. The molecule has 1 fully saturated rings. The Labute approximate surface area is 102 Å². The summed E-state index contributed by atoms with van der Waals surface area (Å²) in [5.74, 6) is -0.819. The van der Waals surface area contributed by atoms with Gasteiger partial charge in [0.25, 0.3) is 0 Å². The molecule has 0 bridgehead atoms. The Bertz CT molecular complexity index is 306. The van der Waals surface area contributed by atoms with Gasteiger partial charge in [0.05, 0.1) is 5.41 Å². The quantitative estimate of drug-likeness (QED) is 0.742. The van der Waals surface area contributed by atoms with Gasteiger partial charge in [-0.15, -0.1) is 0 Å². The third-order valence-corrected chi connectivity index (χ3v) is 3.56. The first kappa shape index (κ1) is 14.0. The molecule has 1 aliphatic rings. The zero-order valence-electron chi connectivity index (χ0n) is 10.6. The molecule has 2 atom stereocenters. The van der Waals surface area contributed by atoms with Crippen molar-refractivity contribution >= 4 is 11.9 Å². The van der Waals surface area contributed by atoms with Crippen LogP contribution in [0, 0.1) is 11.3 Å². The highest BCUT2D eigenvalue weighted by Crippen LogP contribution is 2.31. The van der Waals surface area contributed by atoms with Crippen molar-refractivity contribution in [3.63, 3.8) is 0 Å². The third kappa shape index (κ3) is 3.19. The van der Waals surface area contributed by atoms with Gasteiger partial charge < -0.3 is 15.7 Å². The highest BCUT2D eigenvalue weighted by atomic mass is 16.4. The van der Waals surface area contributed by atoms with Gasteiger partial charge in [-0.05, 0) is 32.7 Å². The summed E-state index contributed by atoms with van der Waals surface area (Å²) in [5, 5.41) is 9.10. The zero-order valence-corrected chi connectivity index (χ0v) is 10.6. The smallest absolute Gasteiger partial charge is 0.311 e. The minimum Gasteiger partial charge on any atom is -0.481 e. The minimum absolute atomic E-state index is 0.0587. The SMILES string of the molecule is CC(CCCN)C(=O)N1CCC(C)(C(=O)O)C1. The maximum Gasteiger partial charge on any atom is 0.311 e. The van der Waals surface area contributed by atoms with Crippen molar-refractivity contribution in [3.8, 4) is 0 Å². The fraction of sp³-hybridized carbons (Fsp3) is 0.833. The molecule has 1 rings (SSSR count). The lowest BCUT2D eigenvalue weighted by atomic mass is 9.90. The molecule has 1 amide bonds. The molecular weight excluding hydrogens is 220 g/mol. The van der Waals surface area contributed by atoms with Crippen LogP contribution in [0.3, 0.4) is 0 Å². The predicted octanol–water partition coefficient (Wildman–Crippen LogP) is 0.685. The van der Waals surface area contributed by atoms with Crippen LogP contribution in [-0.2, 0) is 9.59 Å². The van der Waals surface area contributed by atoms with Crippen molar-refractivity contribution in [2.24, 2.45) is 17.1 Å². The monoisotopic (exact) mass is 242 g/mol. The Morgan fingerprint density at radius 3 is 2.65 bits per heavy atom. The maximum atomic E-state index is 12.1. The first-order valence-corrected chi connectivity index (χ1v) is 6.13. The summed E-state index contributed by atoms with van der Waals surface area (Å²) in [6.45, 7) is 5.05. The highest BCUT2D eigenvalue weighted by molar-refractivity contribution is 5.81. The van der Waals surface area contributed by atoms with E-state index in [-0.39, 0.29) is 11.8 Å². The minimum atomic E-state index is -0.817. The number of hydrogen-bond donors (Lipinski definition) is 2. The average Bonchev–Trinajstić information content (AvgIpc) is 2.69. The lowest BCUT2D eigenvalue weighted by Gasteiger charge is -2.23. The van der Waals surface area contributed by atoms with Gasteiger partial charge in [-0.2, -0.15) is 0 Å². The van der Waals surface area contributed by atoms with Gasteiger partial charge in [0, 0.05) is 19.0 Å². The number of amides is 1. The molecule has 0 spiro atoms. The van der Waals surface area contributed by atoms with E-state index in [4.69, 9.17) is 10.8 Å². The van der Waals surface area contributed by atoms with Crippen molar-refractivity contribution in [1.82, 2.24) is 4.90 Å². The van der Waals surface area contributed by atoms with Gasteiger partial charge >= 0.3 is 5.97 Å². The van der Waals surface area contributed by atoms with Gasteiger partial charge in [0.15, 0.2) is 0 Å². The lowest BCUT2D eigenvalue weighted by Crippen LogP contribution is -2.37. The molecule has 0 radical (unpaired) electrons. The molecule has 0 saturated carbocycles. The van der Waals surface area contributed by atoms with Crippen LogP contribution in [0.15, 0.2) is 0 Å². The van der Waals surface area contributed by atoms with E-state index in [1.165, 1.54) is 0 Å². The second-order valence-corrected chi connectivity index (χ2v) is 5.21. The molecule has 5 nitrogen and oxygen atoms in total. The number of hydrogen-bond acceptors (Lipinski definition) is 3. The molecule has 0 aromatic carbocycles. The van der Waals surface area contributed by atoms with Gasteiger partial charge in [0.1, 0.15) is 0 Å². The molecule has 98 valence electrons. The topological polar surface area (TPSA) is 83.6 Å². The van der Waals surface area contributed by atoms with E-state index in [0.29, 0.717) is 26.1 Å². The van der Waals surface area contributed by atoms with Gasteiger partial charge in [-0.3, -0.25) is 9.59 Å². The molecule has 2 unspecified atom stereocenters. The Morgan fingerprint density at radius 1 is 1.53 bits per heavy atom. The van der Waals surface area contributed by atoms with E-state index >= 15 is 0 Å². The molecular formula is C12H22N2O3. The van der Waals surface area contributed by atoms with E-state index in [2.05, 4.69) is 0 Å². The molecule has 0 aliphatic carbocycles. The summed E-state index contributed by atoms with van der Waals surface area (Å²) in [6, 6.07) is 0. The van der Waals surface area contributed by atoms with Crippen molar-refractivity contribution < 1.29 is 14.7 Å². The zero-order chi connectivity index (χ0) is 13.1. The van der Waals surface area contributed by atoms with Gasteiger partial charge in [-0.1, -0.05) is 6.92 Å². The lowest BCUT2D eigenvalue weighted by molar-refractivity contribution is -0.147. The van der Waals surface area contributed by atoms with E-state index in [1.54, 1.807) is 11.8 Å². The van der Waals surface area contributed by atoms with Crippen LogP contribution in [0.2, 0.25) is 0 Å². The van der Waals surface area contributed by atoms with Crippen LogP contribution in [0.5, 0.6) is 0 Å². The van der Waals surface area contributed by atoms with Crippen LogP contribution >= 0.6 is 0 Å². The predicted molar refractivity (Wildman–Crippen MR) is 64.4 cm³/mol. The normalized spacial score (nSPS) is 25.9. The standard InChI is InChI=1S/C12H22N2O3/c1-9(4-3-6-13)10(15)14-7-5-12(2,8-14)11(16)17/h9H,3-8,13H2,1-2H3,(H,16,17). The van der Waals surface area contributed by atoms with E-state index in [9.17, 15) is 9.59 Å². The second-order valence-electron chi connectivity index (χ2n) is 5.21. The summed E-state index contributed by atoms with van der Waals surface area (Å²) in [6.07, 6.45) is 2.14. The fourth-order valence-electron chi connectivity index (χ4n) is 2.18. The van der Waals surface area contributed by atoms with Crippen molar-refractivity contribution in [2.45, 2.75) is 33.1 Å². The van der Waals surface area contributed by atoms with E-state index in [1.807, 2.05) is 6.92 Å². The number of nitrogens with two attached hydrogens (primary N) is 1. The average molecular weight is 242 g/mol. The summed E-state index contributed by atoms with van der Waals surface area (Å²) in [5.41, 5.74) is 4.64. The van der Waals surface area contributed by atoms with Crippen LogP contribution in [-0.4, -0.2) is 41.5 Å². The Hall–Kier alpha value is -1.10. The Kier molecular flexibility index (Phi) is 4.51. The number of rotatable bonds is 5. The first-order valence-electron chi connectivity index (χ1n) is 6.13. The van der Waals surface area contributed by atoms with Crippen LogP contribution in [0.25, 0.3) is 0 Å². The molecule has 5 heteroatoms. The van der Waals surface area contributed by atoms with Gasteiger partial charge in [0.2, 0.25) is 5.91 Å². The summed E-state index contributed by atoms with van der Waals surface area (Å²) < 4.78 is 0. The van der Waals surface area contributed by atoms with Crippen LogP contribution in [0.1, 0.15) is 33.1 Å². The summed E-state index contributed by atoms with van der Waals surface area (Å²) in [4.78, 5) is 24.8.